The monoisotopic (exact) mass is 477 g/mol. The number of halogens is 2. The fourth-order valence-electron chi connectivity index (χ4n) is 3.52. The number of carbonyl (C=O) groups is 3. The van der Waals surface area contributed by atoms with E-state index < -0.39 is 17.8 Å². The van der Waals surface area contributed by atoms with Gasteiger partial charge in [0.05, 0.1) is 22.7 Å². The lowest BCUT2D eigenvalue weighted by atomic mass is 9.87. The molecule has 0 aromatic heterocycles. The van der Waals surface area contributed by atoms with Crippen LogP contribution in [0.3, 0.4) is 0 Å². The summed E-state index contributed by atoms with van der Waals surface area (Å²) < 4.78 is 18.9. The Bertz CT molecular complexity index is 994. The molecule has 4 N–H and O–H groups in total. The van der Waals surface area contributed by atoms with Gasteiger partial charge in [-0.05, 0) is 68.1 Å². The second-order valence-corrected chi connectivity index (χ2v) is 8.12. The highest BCUT2D eigenvalue weighted by molar-refractivity contribution is 6.33. The highest BCUT2D eigenvalue weighted by Gasteiger charge is 2.26. The summed E-state index contributed by atoms with van der Waals surface area (Å²) in [4.78, 5) is 35.2. The van der Waals surface area contributed by atoms with E-state index in [1.54, 1.807) is 24.3 Å². The van der Waals surface area contributed by atoms with Crippen LogP contribution in [0.5, 0.6) is 5.75 Å². The lowest BCUT2D eigenvalue weighted by molar-refractivity contribution is -0.143. The van der Waals surface area contributed by atoms with E-state index >= 15 is 0 Å². The van der Waals surface area contributed by atoms with Gasteiger partial charge >= 0.3 is 12.0 Å². The highest BCUT2D eigenvalue weighted by Crippen LogP contribution is 2.28. The average Bonchev–Trinajstić information content (AvgIpc) is 2.79. The number of rotatable bonds is 8. The molecule has 0 aliphatic heterocycles. The van der Waals surface area contributed by atoms with Gasteiger partial charge in [0.1, 0.15) is 11.6 Å². The Morgan fingerprint density at radius 2 is 1.67 bits per heavy atom. The summed E-state index contributed by atoms with van der Waals surface area (Å²) in [6, 6.07) is 9.80. The smallest absolute Gasteiger partial charge is 0.319 e. The van der Waals surface area contributed by atoms with Crippen LogP contribution in [0, 0.1) is 11.7 Å². The Morgan fingerprint density at radius 1 is 1.00 bits per heavy atom. The Labute approximate surface area is 195 Å². The van der Waals surface area contributed by atoms with Crippen LogP contribution in [-0.4, -0.2) is 42.2 Å². The molecule has 1 aliphatic rings. The fraction of sp³-hybridized carbons (Fsp3) is 0.348. The van der Waals surface area contributed by atoms with Crippen LogP contribution in [0.2, 0.25) is 5.02 Å². The summed E-state index contributed by atoms with van der Waals surface area (Å²) >= 11 is 5.86. The van der Waals surface area contributed by atoms with Crippen molar-refractivity contribution in [2.75, 3.05) is 18.4 Å². The first-order valence-electron chi connectivity index (χ1n) is 10.6. The van der Waals surface area contributed by atoms with Crippen LogP contribution in [0.1, 0.15) is 36.0 Å². The molecule has 0 unspecified atom stereocenters. The van der Waals surface area contributed by atoms with Crippen molar-refractivity contribution in [2.45, 2.75) is 31.8 Å². The van der Waals surface area contributed by atoms with Crippen LogP contribution in [0.25, 0.3) is 0 Å². The number of nitrogens with one attached hydrogen (secondary N) is 3. The van der Waals surface area contributed by atoms with Crippen molar-refractivity contribution in [1.82, 2.24) is 10.6 Å². The van der Waals surface area contributed by atoms with E-state index in [-0.39, 0.29) is 41.7 Å². The van der Waals surface area contributed by atoms with Gasteiger partial charge in [-0.2, -0.15) is 0 Å². The number of carbonyl (C=O) groups excluding carboxylic acids is 2. The van der Waals surface area contributed by atoms with Crippen LogP contribution in [0.15, 0.2) is 42.5 Å². The third-order valence-electron chi connectivity index (χ3n) is 5.32. The SMILES string of the molecule is O=C(NCCNC(=O)c1ccc(OC2CCC(C(=O)O)CC2)cc1)Nc1ccc(F)cc1Cl. The van der Waals surface area contributed by atoms with Crippen LogP contribution < -0.4 is 20.7 Å². The van der Waals surface area contributed by atoms with Gasteiger partial charge in [0, 0.05) is 18.7 Å². The minimum absolute atomic E-state index is 0.0257. The van der Waals surface area contributed by atoms with Gasteiger partial charge in [-0.15, -0.1) is 0 Å². The zero-order valence-electron chi connectivity index (χ0n) is 17.8. The van der Waals surface area contributed by atoms with Gasteiger partial charge in [-0.3, -0.25) is 9.59 Å². The molecule has 1 aliphatic carbocycles. The van der Waals surface area contributed by atoms with E-state index in [2.05, 4.69) is 16.0 Å². The molecular formula is C23H25ClFN3O5. The minimum Gasteiger partial charge on any atom is -0.490 e. The molecule has 33 heavy (non-hydrogen) atoms. The van der Waals surface area contributed by atoms with Crippen molar-refractivity contribution in [1.29, 1.82) is 0 Å². The number of aliphatic carboxylic acids is 1. The first kappa shape index (κ1) is 24.3. The molecule has 1 saturated carbocycles. The summed E-state index contributed by atoms with van der Waals surface area (Å²) in [5, 5.41) is 16.9. The van der Waals surface area contributed by atoms with Gasteiger partial charge < -0.3 is 25.8 Å². The average molecular weight is 478 g/mol. The Kier molecular flexibility index (Phi) is 8.48. The number of hydrogen-bond acceptors (Lipinski definition) is 4. The van der Waals surface area contributed by atoms with Gasteiger partial charge in [0.25, 0.3) is 5.91 Å². The van der Waals surface area contributed by atoms with Crippen molar-refractivity contribution in [2.24, 2.45) is 5.92 Å². The first-order valence-corrected chi connectivity index (χ1v) is 11.0. The zero-order valence-corrected chi connectivity index (χ0v) is 18.5. The first-order chi connectivity index (χ1) is 15.8. The summed E-state index contributed by atoms with van der Waals surface area (Å²) in [6.07, 6.45) is 2.55. The topological polar surface area (TPSA) is 117 Å². The standard InChI is InChI=1S/C23H25ClFN3O5/c24-19-13-16(25)5-10-20(19)28-23(32)27-12-11-26-21(29)14-1-6-17(7-2-14)33-18-8-3-15(4-9-18)22(30)31/h1-2,5-7,10,13,15,18H,3-4,8-9,11-12H2,(H,26,29)(H,30,31)(H2,27,28,32). The van der Waals surface area contributed by atoms with Crippen LogP contribution in [-0.2, 0) is 4.79 Å². The minimum atomic E-state index is -0.753. The maximum absolute atomic E-state index is 13.0. The third kappa shape index (κ3) is 7.35. The van der Waals surface area contributed by atoms with Gasteiger partial charge in [-0.25, -0.2) is 9.18 Å². The fourth-order valence-corrected chi connectivity index (χ4v) is 3.73. The molecule has 8 nitrogen and oxygen atoms in total. The second-order valence-electron chi connectivity index (χ2n) is 7.72. The van der Waals surface area contributed by atoms with Crippen molar-refractivity contribution >= 4 is 35.2 Å². The third-order valence-corrected chi connectivity index (χ3v) is 5.63. The van der Waals surface area contributed by atoms with Gasteiger partial charge in [0.15, 0.2) is 0 Å². The lowest BCUT2D eigenvalue weighted by Crippen LogP contribution is -2.36. The molecule has 0 atom stereocenters. The van der Waals surface area contributed by atoms with Crippen molar-refractivity contribution in [3.63, 3.8) is 0 Å². The van der Waals surface area contributed by atoms with E-state index in [9.17, 15) is 18.8 Å². The Hall–Kier alpha value is -3.33. The van der Waals surface area contributed by atoms with E-state index in [0.717, 1.165) is 6.07 Å². The molecule has 3 rings (SSSR count). The Morgan fingerprint density at radius 3 is 2.30 bits per heavy atom. The summed E-state index contributed by atoms with van der Waals surface area (Å²) in [5.74, 6) is -1.22. The number of carboxylic acids is 1. The molecule has 0 heterocycles. The molecule has 1 fully saturated rings. The van der Waals surface area contributed by atoms with Crippen molar-refractivity contribution in [3.05, 3.63) is 58.9 Å². The Balaban J connectivity index is 1.36. The normalized spacial score (nSPS) is 17.6. The predicted molar refractivity (Wildman–Crippen MR) is 121 cm³/mol. The lowest BCUT2D eigenvalue weighted by Gasteiger charge is -2.26. The molecule has 176 valence electrons. The van der Waals surface area contributed by atoms with Crippen LogP contribution >= 0.6 is 11.6 Å². The van der Waals surface area contributed by atoms with Gasteiger partial charge in [0.2, 0.25) is 0 Å². The van der Waals surface area contributed by atoms with E-state index in [0.29, 0.717) is 37.0 Å². The molecule has 0 radical (unpaired) electrons. The zero-order chi connectivity index (χ0) is 23.8. The largest absolute Gasteiger partial charge is 0.490 e. The van der Waals surface area contributed by atoms with Gasteiger partial charge in [-0.1, -0.05) is 11.6 Å². The molecular weight excluding hydrogens is 453 g/mol. The maximum atomic E-state index is 13.0. The maximum Gasteiger partial charge on any atom is 0.319 e. The molecule has 0 bridgehead atoms. The second kappa shape index (κ2) is 11.5. The number of hydrogen-bond donors (Lipinski definition) is 4. The molecule has 0 saturated heterocycles. The molecule has 0 spiro atoms. The van der Waals surface area contributed by atoms with Crippen LogP contribution in [0.4, 0.5) is 14.9 Å². The van der Waals surface area contributed by atoms with Crippen molar-refractivity contribution in [3.8, 4) is 5.75 Å². The van der Waals surface area contributed by atoms with E-state index in [1.807, 2.05) is 0 Å². The number of anilines is 1. The van der Waals surface area contributed by atoms with E-state index in [1.165, 1.54) is 12.1 Å². The molecule has 3 amide bonds. The van der Waals surface area contributed by atoms with Crippen molar-refractivity contribution < 1.29 is 28.6 Å². The number of urea groups is 1. The summed E-state index contributed by atoms with van der Waals surface area (Å²) in [7, 11) is 0. The predicted octanol–water partition coefficient (Wildman–Crippen LogP) is 4.05. The number of benzene rings is 2. The quantitative estimate of drug-likeness (QED) is 0.428. The summed E-state index contributed by atoms with van der Waals surface area (Å²) in [6.45, 7) is 0.380. The number of amides is 3. The highest BCUT2D eigenvalue weighted by atomic mass is 35.5. The van der Waals surface area contributed by atoms with E-state index in [4.69, 9.17) is 21.4 Å². The molecule has 2 aromatic rings. The number of ether oxygens (including phenoxy) is 1. The summed E-state index contributed by atoms with van der Waals surface area (Å²) in [5.41, 5.74) is 0.719. The number of carboxylic acid groups (broad SMARTS) is 1. The molecule has 10 heteroatoms. The molecule has 2 aromatic carbocycles.